The van der Waals surface area contributed by atoms with Crippen molar-refractivity contribution in [2.24, 2.45) is 5.92 Å². The van der Waals surface area contributed by atoms with Gasteiger partial charge in [-0.1, -0.05) is 19.1 Å². The first-order chi connectivity index (χ1) is 6.63. The first-order valence-electron chi connectivity index (χ1n) is 4.94. The summed E-state index contributed by atoms with van der Waals surface area (Å²) in [4.78, 5) is 0. The van der Waals surface area contributed by atoms with Crippen LogP contribution in [0.4, 0.5) is 0 Å². The Morgan fingerprint density at radius 2 is 2.07 bits per heavy atom. The molecule has 1 atom stereocenters. The second-order valence-electron chi connectivity index (χ2n) is 3.87. The monoisotopic (exact) mass is 194 g/mol. The molecule has 0 spiro atoms. The lowest BCUT2D eigenvalue weighted by Crippen LogP contribution is -2.12. The van der Waals surface area contributed by atoms with Crippen LogP contribution in [0.25, 0.3) is 0 Å². The fourth-order valence-corrected chi connectivity index (χ4v) is 1.15. The van der Waals surface area contributed by atoms with Gasteiger partial charge in [0, 0.05) is 12.5 Å². The van der Waals surface area contributed by atoms with Gasteiger partial charge in [-0.25, -0.2) is 0 Å². The average molecular weight is 194 g/mol. The van der Waals surface area contributed by atoms with Crippen LogP contribution in [-0.4, -0.2) is 18.3 Å². The summed E-state index contributed by atoms with van der Waals surface area (Å²) in [6, 6.07) is 6.14. The number of aliphatic hydroxyl groups is 1. The van der Waals surface area contributed by atoms with Crippen molar-refractivity contribution in [3.63, 3.8) is 0 Å². The van der Waals surface area contributed by atoms with Crippen LogP contribution in [0, 0.1) is 19.8 Å². The molecule has 0 saturated heterocycles. The minimum absolute atomic E-state index is 0.171. The normalized spacial score (nSPS) is 12.6. The summed E-state index contributed by atoms with van der Waals surface area (Å²) in [5.41, 5.74) is 2.34. The fourth-order valence-electron chi connectivity index (χ4n) is 1.15. The molecule has 0 aromatic heterocycles. The Bertz CT molecular complexity index is 294. The third-order valence-corrected chi connectivity index (χ3v) is 2.18. The van der Waals surface area contributed by atoms with Gasteiger partial charge in [0.1, 0.15) is 5.75 Å². The Kier molecular flexibility index (Phi) is 3.96. The zero-order chi connectivity index (χ0) is 10.6. The van der Waals surface area contributed by atoms with E-state index in [-0.39, 0.29) is 12.5 Å². The minimum Gasteiger partial charge on any atom is -0.493 e. The van der Waals surface area contributed by atoms with Crippen LogP contribution in [0.5, 0.6) is 5.75 Å². The Balaban J connectivity index is 2.62. The van der Waals surface area contributed by atoms with Gasteiger partial charge in [-0.3, -0.25) is 0 Å². The van der Waals surface area contributed by atoms with E-state index in [1.54, 1.807) is 0 Å². The maximum Gasteiger partial charge on any atom is 0.122 e. The first kappa shape index (κ1) is 11.1. The minimum atomic E-state index is 0.171. The first-order valence-corrected chi connectivity index (χ1v) is 4.94. The second kappa shape index (κ2) is 5.01. The van der Waals surface area contributed by atoms with Gasteiger partial charge in [-0.15, -0.1) is 0 Å². The summed E-state index contributed by atoms with van der Waals surface area (Å²) in [6.45, 7) is 6.77. The van der Waals surface area contributed by atoms with Crippen molar-refractivity contribution in [1.29, 1.82) is 0 Å². The number of rotatable bonds is 4. The summed E-state index contributed by atoms with van der Waals surface area (Å²) in [5, 5.41) is 8.86. The number of hydrogen-bond acceptors (Lipinski definition) is 2. The molecule has 1 N–H and O–H groups in total. The molecule has 0 radical (unpaired) electrons. The Morgan fingerprint density at radius 3 is 2.71 bits per heavy atom. The van der Waals surface area contributed by atoms with E-state index in [1.165, 1.54) is 5.56 Å². The predicted octanol–water partition coefficient (Wildman–Crippen LogP) is 2.31. The molecule has 0 fully saturated rings. The highest BCUT2D eigenvalue weighted by molar-refractivity contribution is 5.35. The van der Waals surface area contributed by atoms with Crippen molar-refractivity contribution in [1.82, 2.24) is 0 Å². The molecule has 1 aromatic carbocycles. The van der Waals surface area contributed by atoms with Crippen LogP contribution in [0.2, 0.25) is 0 Å². The third-order valence-electron chi connectivity index (χ3n) is 2.18. The SMILES string of the molecule is Cc1ccc(C)c(OCC(C)CO)c1. The molecule has 2 nitrogen and oxygen atoms in total. The van der Waals surface area contributed by atoms with E-state index in [0.29, 0.717) is 6.61 Å². The second-order valence-corrected chi connectivity index (χ2v) is 3.87. The number of ether oxygens (including phenoxy) is 1. The van der Waals surface area contributed by atoms with Crippen LogP contribution in [-0.2, 0) is 0 Å². The lowest BCUT2D eigenvalue weighted by Gasteiger charge is -2.12. The van der Waals surface area contributed by atoms with Crippen LogP contribution in [0.15, 0.2) is 18.2 Å². The van der Waals surface area contributed by atoms with Crippen molar-refractivity contribution in [2.75, 3.05) is 13.2 Å². The maximum atomic E-state index is 8.86. The highest BCUT2D eigenvalue weighted by Crippen LogP contribution is 2.19. The Morgan fingerprint density at radius 1 is 1.36 bits per heavy atom. The molecular formula is C12H18O2. The Labute approximate surface area is 85.5 Å². The zero-order valence-electron chi connectivity index (χ0n) is 9.08. The van der Waals surface area contributed by atoms with Gasteiger partial charge in [-0.05, 0) is 31.0 Å². The van der Waals surface area contributed by atoms with Crippen molar-refractivity contribution in [2.45, 2.75) is 20.8 Å². The lowest BCUT2D eigenvalue weighted by atomic mass is 10.1. The summed E-state index contributed by atoms with van der Waals surface area (Å²) in [7, 11) is 0. The largest absolute Gasteiger partial charge is 0.493 e. The molecule has 0 aliphatic carbocycles. The van der Waals surface area contributed by atoms with Crippen molar-refractivity contribution in [3.8, 4) is 5.75 Å². The van der Waals surface area contributed by atoms with Crippen molar-refractivity contribution < 1.29 is 9.84 Å². The molecule has 1 rings (SSSR count). The number of aliphatic hydroxyl groups excluding tert-OH is 1. The molecule has 14 heavy (non-hydrogen) atoms. The van der Waals surface area contributed by atoms with Crippen LogP contribution in [0.1, 0.15) is 18.1 Å². The maximum absolute atomic E-state index is 8.86. The van der Waals surface area contributed by atoms with Crippen LogP contribution >= 0.6 is 0 Å². The highest BCUT2D eigenvalue weighted by Gasteiger charge is 2.03. The smallest absolute Gasteiger partial charge is 0.122 e. The molecule has 0 heterocycles. The lowest BCUT2D eigenvalue weighted by molar-refractivity contribution is 0.174. The quantitative estimate of drug-likeness (QED) is 0.797. The van der Waals surface area contributed by atoms with Gasteiger partial charge >= 0.3 is 0 Å². The molecule has 78 valence electrons. The number of benzene rings is 1. The van der Waals surface area contributed by atoms with Crippen molar-refractivity contribution in [3.05, 3.63) is 29.3 Å². The summed E-state index contributed by atoms with van der Waals surface area (Å²) >= 11 is 0. The van der Waals surface area contributed by atoms with Crippen LogP contribution < -0.4 is 4.74 Å². The van der Waals surface area contributed by atoms with E-state index in [9.17, 15) is 0 Å². The third kappa shape index (κ3) is 3.04. The summed E-state index contributed by atoms with van der Waals surface area (Å²) < 4.78 is 5.61. The number of aryl methyl sites for hydroxylation is 2. The topological polar surface area (TPSA) is 29.5 Å². The van der Waals surface area contributed by atoms with E-state index in [4.69, 9.17) is 9.84 Å². The van der Waals surface area contributed by atoms with E-state index < -0.39 is 0 Å². The average Bonchev–Trinajstić information content (AvgIpc) is 2.19. The fraction of sp³-hybridized carbons (Fsp3) is 0.500. The van der Waals surface area contributed by atoms with Gasteiger partial charge in [0.25, 0.3) is 0 Å². The van der Waals surface area contributed by atoms with Gasteiger partial charge < -0.3 is 9.84 Å². The zero-order valence-corrected chi connectivity index (χ0v) is 9.08. The molecule has 2 heteroatoms. The molecular weight excluding hydrogens is 176 g/mol. The Hall–Kier alpha value is -1.02. The van der Waals surface area contributed by atoms with Gasteiger partial charge in [0.15, 0.2) is 0 Å². The molecule has 0 saturated carbocycles. The van der Waals surface area contributed by atoms with E-state index >= 15 is 0 Å². The molecule has 0 aliphatic rings. The number of hydrogen-bond donors (Lipinski definition) is 1. The van der Waals surface area contributed by atoms with Gasteiger partial charge in [-0.2, -0.15) is 0 Å². The highest BCUT2D eigenvalue weighted by atomic mass is 16.5. The van der Waals surface area contributed by atoms with E-state index in [1.807, 2.05) is 32.9 Å². The van der Waals surface area contributed by atoms with Crippen LogP contribution in [0.3, 0.4) is 0 Å². The molecule has 0 bridgehead atoms. The van der Waals surface area contributed by atoms with Gasteiger partial charge in [0.2, 0.25) is 0 Å². The summed E-state index contributed by atoms with van der Waals surface area (Å²) in [6.07, 6.45) is 0. The van der Waals surface area contributed by atoms with Gasteiger partial charge in [0.05, 0.1) is 6.61 Å². The molecule has 0 amide bonds. The van der Waals surface area contributed by atoms with E-state index in [0.717, 1.165) is 11.3 Å². The standard InChI is InChI=1S/C12H18O2/c1-9-4-5-11(3)12(6-9)14-8-10(2)7-13/h4-6,10,13H,7-8H2,1-3H3. The van der Waals surface area contributed by atoms with E-state index in [2.05, 4.69) is 6.07 Å². The predicted molar refractivity (Wildman–Crippen MR) is 57.7 cm³/mol. The molecule has 1 unspecified atom stereocenters. The summed E-state index contributed by atoms with van der Waals surface area (Å²) in [5.74, 6) is 1.11. The molecule has 1 aromatic rings. The van der Waals surface area contributed by atoms with Crippen molar-refractivity contribution >= 4 is 0 Å². The molecule has 0 aliphatic heterocycles.